The third-order valence-electron chi connectivity index (χ3n) is 10.7. The molecule has 0 bridgehead atoms. The first-order valence-electron chi connectivity index (χ1n) is 18.7. The number of hydrogen-bond donors (Lipinski definition) is 0. The lowest BCUT2D eigenvalue weighted by atomic mass is 9.69. The largest absolute Gasteiger partial charge is 0.460 e. The van der Waals surface area contributed by atoms with Crippen LogP contribution < -0.4 is 0 Å². The highest BCUT2D eigenvalue weighted by atomic mass is 19.4. The van der Waals surface area contributed by atoms with Gasteiger partial charge in [-0.2, -0.15) is 39.5 Å². The van der Waals surface area contributed by atoms with Crippen LogP contribution in [0.25, 0.3) is 0 Å². The molecule has 18 heteroatoms. The average molecular weight is 877 g/mol. The quantitative estimate of drug-likeness (QED) is 0.0602. The van der Waals surface area contributed by atoms with Crippen molar-refractivity contribution < 1.29 is 82.3 Å². The molecule has 0 unspecified atom stereocenters. The zero-order valence-electron chi connectivity index (χ0n) is 33.9. The van der Waals surface area contributed by atoms with Crippen LogP contribution in [-0.2, 0) is 59.6 Å². The number of halogens is 9. The molecule has 334 valence electrons. The van der Waals surface area contributed by atoms with Crippen LogP contribution >= 0.6 is 0 Å². The molecular weight excluding hydrogens is 831 g/mol. The van der Waals surface area contributed by atoms with Crippen LogP contribution in [0.4, 0.5) is 39.5 Å². The fourth-order valence-electron chi connectivity index (χ4n) is 7.71. The maximum absolute atomic E-state index is 14.8. The van der Waals surface area contributed by atoms with Crippen LogP contribution in [0, 0.1) is 5.41 Å². The molecule has 3 aromatic rings. The van der Waals surface area contributed by atoms with E-state index in [1.54, 1.807) is 13.8 Å². The van der Waals surface area contributed by atoms with E-state index in [1.807, 2.05) is 0 Å². The lowest BCUT2D eigenvalue weighted by molar-refractivity contribution is -0.279. The summed E-state index contributed by atoms with van der Waals surface area (Å²) >= 11 is 0. The summed E-state index contributed by atoms with van der Waals surface area (Å²) in [6.45, 7) is 3.51. The fourth-order valence-corrected chi connectivity index (χ4v) is 7.71. The number of rotatable bonds is 16. The van der Waals surface area contributed by atoms with Crippen LogP contribution in [0.15, 0.2) is 102 Å². The highest BCUT2D eigenvalue weighted by molar-refractivity contribution is 5.84. The molecule has 61 heavy (non-hydrogen) atoms. The molecule has 1 aliphatic carbocycles. The van der Waals surface area contributed by atoms with Gasteiger partial charge in [0.25, 0.3) is 16.8 Å². The number of methoxy groups -OCH3 is 3. The lowest BCUT2D eigenvalue weighted by Crippen LogP contribution is -2.53. The Morgan fingerprint density at radius 1 is 0.623 bits per heavy atom. The Balaban J connectivity index is 1.72. The van der Waals surface area contributed by atoms with Crippen molar-refractivity contribution in [2.24, 2.45) is 5.41 Å². The van der Waals surface area contributed by atoms with Crippen LogP contribution in [0.2, 0.25) is 0 Å². The summed E-state index contributed by atoms with van der Waals surface area (Å²) in [4.78, 5) is 40.6. The molecule has 0 aromatic heterocycles. The fraction of sp³-hybridized carbons (Fsp3) is 0.465. The summed E-state index contributed by atoms with van der Waals surface area (Å²) in [6, 6.07) is 17.9. The Labute approximate surface area is 346 Å². The normalized spacial score (nSPS) is 19.4. The molecule has 0 fully saturated rings. The van der Waals surface area contributed by atoms with E-state index in [0.29, 0.717) is 26.9 Å². The Hall–Kier alpha value is -4.94. The highest BCUT2D eigenvalue weighted by Crippen LogP contribution is 2.49. The molecule has 3 aromatic carbocycles. The summed E-state index contributed by atoms with van der Waals surface area (Å²) < 4.78 is 163. The van der Waals surface area contributed by atoms with Gasteiger partial charge in [0, 0.05) is 44.4 Å². The molecule has 5 atom stereocenters. The Bertz CT molecular complexity index is 2000. The SMILES string of the molecule is CO[C@](C(=O)OCC1=C(CC[C@@H](C)OC(=O)[C@@](OC)(c2ccccc2)C(F)(F)F)C(C)(C)C[C@H](OC(=O)[C@@](OC)(c2ccccc2)C(F)(F)F)C1)(c1ccccc1)C(F)(F)F. The summed E-state index contributed by atoms with van der Waals surface area (Å²) in [7, 11) is 2.02. The van der Waals surface area contributed by atoms with Gasteiger partial charge in [-0.15, -0.1) is 0 Å². The van der Waals surface area contributed by atoms with Gasteiger partial charge >= 0.3 is 36.4 Å². The summed E-state index contributed by atoms with van der Waals surface area (Å²) in [5.41, 5.74) is -13.4. The molecule has 0 heterocycles. The van der Waals surface area contributed by atoms with Crippen LogP contribution in [0.3, 0.4) is 0 Å². The predicted octanol–water partition coefficient (Wildman–Crippen LogP) is 9.58. The van der Waals surface area contributed by atoms with Gasteiger partial charge in [0.05, 0.1) is 6.10 Å². The van der Waals surface area contributed by atoms with Crippen LogP contribution in [-0.4, -0.2) is 76.6 Å². The lowest BCUT2D eigenvalue weighted by Gasteiger charge is -2.41. The minimum atomic E-state index is -5.37. The van der Waals surface area contributed by atoms with Crippen molar-refractivity contribution in [2.75, 3.05) is 27.9 Å². The van der Waals surface area contributed by atoms with Gasteiger partial charge in [0.1, 0.15) is 12.7 Å². The first-order valence-corrected chi connectivity index (χ1v) is 18.7. The van der Waals surface area contributed by atoms with E-state index < -0.39 is 101 Å². The second-order valence-corrected chi connectivity index (χ2v) is 15.0. The van der Waals surface area contributed by atoms with E-state index in [0.717, 1.165) is 36.4 Å². The van der Waals surface area contributed by atoms with Gasteiger partial charge in [-0.3, -0.25) is 0 Å². The maximum Gasteiger partial charge on any atom is 0.432 e. The van der Waals surface area contributed by atoms with Gasteiger partial charge in [-0.05, 0) is 37.2 Å². The number of benzene rings is 3. The topological polar surface area (TPSA) is 107 Å². The third-order valence-corrected chi connectivity index (χ3v) is 10.7. The molecule has 4 rings (SSSR count). The summed E-state index contributed by atoms with van der Waals surface area (Å²) in [5, 5.41) is 0. The van der Waals surface area contributed by atoms with Gasteiger partial charge in [-0.25, -0.2) is 14.4 Å². The number of ether oxygens (including phenoxy) is 6. The second kappa shape index (κ2) is 18.6. The van der Waals surface area contributed by atoms with Crippen LogP contribution in [0.5, 0.6) is 0 Å². The predicted molar refractivity (Wildman–Crippen MR) is 199 cm³/mol. The second-order valence-electron chi connectivity index (χ2n) is 15.0. The van der Waals surface area contributed by atoms with Gasteiger partial charge in [0.15, 0.2) is 0 Å². The minimum Gasteiger partial charge on any atom is -0.460 e. The van der Waals surface area contributed by atoms with E-state index in [1.165, 1.54) is 61.5 Å². The Morgan fingerprint density at radius 3 is 1.38 bits per heavy atom. The van der Waals surface area contributed by atoms with Crippen molar-refractivity contribution in [3.63, 3.8) is 0 Å². The van der Waals surface area contributed by atoms with E-state index in [4.69, 9.17) is 28.4 Å². The van der Waals surface area contributed by atoms with E-state index >= 15 is 0 Å². The molecular formula is C43H45F9O9. The zero-order chi connectivity index (χ0) is 45.7. The van der Waals surface area contributed by atoms with Gasteiger partial charge in [0.2, 0.25) is 0 Å². The monoisotopic (exact) mass is 876 g/mol. The van der Waals surface area contributed by atoms with Crippen molar-refractivity contribution in [3.05, 3.63) is 119 Å². The molecule has 1 aliphatic rings. The highest BCUT2D eigenvalue weighted by Gasteiger charge is 2.66. The number of alkyl halides is 9. The first kappa shape index (κ1) is 48.7. The molecule has 0 aliphatic heterocycles. The van der Waals surface area contributed by atoms with Crippen molar-refractivity contribution >= 4 is 17.9 Å². The van der Waals surface area contributed by atoms with Crippen LogP contribution in [0.1, 0.15) is 63.1 Å². The Kier molecular flexibility index (Phi) is 14.8. The van der Waals surface area contributed by atoms with E-state index in [2.05, 4.69) is 0 Å². The minimum absolute atomic E-state index is 0.0155. The number of esters is 3. The molecule has 0 N–H and O–H groups in total. The molecule has 9 nitrogen and oxygen atoms in total. The smallest absolute Gasteiger partial charge is 0.432 e. The summed E-state index contributed by atoms with van der Waals surface area (Å²) in [5.74, 6) is -5.53. The number of hydrogen-bond acceptors (Lipinski definition) is 9. The van der Waals surface area contributed by atoms with E-state index in [-0.39, 0.29) is 24.8 Å². The van der Waals surface area contributed by atoms with Crippen molar-refractivity contribution in [1.82, 2.24) is 0 Å². The molecule has 0 spiro atoms. The molecule has 0 amide bonds. The Morgan fingerprint density at radius 2 is 1.00 bits per heavy atom. The van der Waals surface area contributed by atoms with Gasteiger partial charge < -0.3 is 28.4 Å². The van der Waals surface area contributed by atoms with Crippen molar-refractivity contribution in [2.45, 2.75) is 94.0 Å². The van der Waals surface area contributed by atoms with Crippen molar-refractivity contribution in [1.29, 1.82) is 0 Å². The standard InChI is InChI=1S/C43H45F9O9/c1-27(60-35(54)39(57-5,42(47,48)49)30-18-12-8-13-19-30)22-23-33-28(26-59-34(53)38(56-4,41(44,45)46)29-16-10-7-11-17-29)24-32(25-37(33,2)3)61-36(55)40(58-6,43(50,51)52)31-20-14-9-15-21-31/h7-21,27,32H,22-26H2,1-6H3/t27-,32-,38+,39+,40+/m1/s1. The zero-order valence-corrected chi connectivity index (χ0v) is 33.9. The molecule has 0 saturated carbocycles. The van der Waals surface area contributed by atoms with E-state index in [9.17, 15) is 53.9 Å². The first-order chi connectivity index (χ1) is 28.4. The summed E-state index contributed by atoms with van der Waals surface area (Å²) in [6.07, 6.45) is -19.7. The number of carbonyl (C=O) groups excluding carboxylic acids is 3. The maximum atomic E-state index is 14.8. The molecule has 0 saturated heterocycles. The third kappa shape index (κ3) is 9.45. The number of allylic oxidation sites excluding steroid dienone is 1. The van der Waals surface area contributed by atoms with Crippen molar-refractivity contribution in [3.8, 4) is 0 Å². The van der Waals surface area contributed by atoms with Gasteiger partial charge in [-0.1, -0.05) is 110 Å². The average Bonchev–Trinajstić information content (AvgIpc) is 3.17. The molecule has 0 radical (unpaired) electrons. The number of carbonyl (C=O) groups is 3.